The lowest BCUT2D eigenvalue weighted by Gasteiger charge is -2.25. The molecule has 1 unspecified atom stereocenters. The Morgan fingerprint density at radius 3 is 2.54 bits per heavy atom. The third-order valence-electron chi connectivity index (χ3n) is 4.41. The predicted octanol–water partition coefficient (Wildman–Crippen LogP) is 2.80. The van der Waals surface area contributed by atoms with Crippen molar-refractivity contribution >= 4 is 5.91 Å². The Kier molecular flexibility index (Phi) is 4.38. The maximum absolute atomic E-state index is 13.6. The van der Waals surface area contributed by atoms with Gasteiger partial charge in [-0.1, -0.05) is 6.07 Å². The van der Waals surface area contributed by atoms with E-state index in [4.69, 9.17) is 0 Å². The van der Waals surface area contributed by atoms with Crippen LogP contribution in [0.4, 0.5) is 8.78 Å². The first kappa shape index (κ1) is 16.2. The molecule has 0 radical (unpaired) electrons. The Bertz CT molecular complexity index is 792. The van der Waals surface area contributed by atoms with Crippen LogP contribution in [0.3, 0.4) is 0 Å². The maximum Gasteiger partial charge on any atom is 0.223 e. The quantitative estimate of drug-likeness (QED) is 0.757. The van der Waals surface area contributed by atoms with Crippen molar-refractivity contribution in [2.24, 2.45) is 5.92 Å². The van der Waals surface area contributed by atoms with Gasteiger partial charge in [-0.3, -0.25) is 4.79 Å². The van der Waals surface area contributed by atoms with E-state index in [-0.39, 0.29) is 35.4 Å². The number of rotatable bonds is 3. The van der Waals surface area contributed by atoms with Crippen molar-refractivity contribution in [2.75, 3.05) is 0 Å². The van der Waals surface area contributed by atoms with E-state index in [2.05, 4.69) is 5.32 Å². The minimum absolute atomic E-state index is 0.0275. The predicted molar refractivity (Wildman–Crippen MR) is 83.5 cm³/mol. The molecule has 0 fully saturated rings. The summed E-state index contributed by atoms with van der Waals surface area (Å²) in [5, 5.41) is 22.4. The van der Waals surface area contributed by atoms with Gasteiger partial charge in [-0.05, 0) is 37.5 Å². The summed E-state index contributed by atoms with van der Waals surface area (Å²) < 4.78 is 26.5. The van der Waals surface area contributed by atoms with E-state index in [1.54, 1.807) is 0 Å². The van der Waals surface area contributed by atoms with Crippen LogP contribution in [-0.2, 0) is 24.2 Å². The molecule has 126 valence electrons. The van der Waals surface area contributed by atoms with E-state index in [1.165, 1.54) is 18.2 Å². The van der Waals surface area contributed by atoms with Gasteiger partial charge in [-0.2, -0.15) is 0 Å². The molecule has 0 spiro atoms. The highest BCUT2D eigenvalue weighted by Crippen LogP contribution is 2.36. The third kappa shape index (κ3) is 3.18. The van der Waals surface area contributed by atoms with Gasteiger partial charge in [-0.15, -0.1) is 0 Å². The van der Waals surface area contributed by atoms with E-state index >= 15 is 0 Å². The molecule has 0 heterocycles. The lowest BCUT2D eigenvalue weighted by atomic mass is 9.82. The van der Waals surface area contributed by atoms with Gasteiger partial charge in [0.05, 0.1) is 0 Å². The number of halogens is 2. The van der Waals surface area contributed by atoms with E-state index in [1.807, 2.05) is 0 Å². The number of aromatic hydroxyl groups is 2. The van der Waals surface area contributed by atoms with Gasteiger partial charge in [0.1, 0.15) is 23.1 Å². The zero-order valence-electron chi connectivity index (χ0n) is 12.9. The number of hydrogen-bond acceptors (Lipinski definition) is 3. The number of amides is 1. The van der Waals surface area contributed by atoms with Gasteiger partial charge >= 0.3 is 0 Å². The summed E-state index contributed by atoms with van der Waals surface area (Å²) in [4.78, 5) is 12.3. The van der Waals surface area contributed by atoms with E-state index < -0.39 is 11.6 Å². The fraction of sp³-hybridized carbons (Fsp3) is 0.278. The first-order valence-electron chi connectivity index (χ1n) is 7.70. The molecule has 0 aromatic heterocycles. The second-order valence-corrected chi connectivity index (χ2v) is 5.95. The molecule has 1 aliphatic rings. The minimum atomic E-state index is -0.702. The highest BCUT2D eigenvalue weighted by Gasteiger charge is 2.28. The first-order valence-corrected chi connectivity index (χ1v) is 7.70. The number of nitrogens with one attached hydrogen (secondary N) is 1. The zero-order chi connectivity index (χ0) is 17.3. The number of benzene rings is 2. The van der Waals surface area contributed by atoms with Gasteiger partial charge in [0.2, 0.25) is 5.91 Å². The Morgan fingerprint density at radius 2 is 1.83 bits per heavy atom. The summed E-state index contributed by atoms with van der Waals surface area (Å²) in [6.07, 6.45) is 1.33. The van der Waals surface area contributed by atoms with Crippen LogP contribution in [0.5, 0.6) is 11.5 Å². The Morgan fingerprint density at radius 1 is 1.12 bits per heavy atom. The lowest BCUT2D eigenvalue weighted by molar-refractivity contribution is -0.125. The molecule has 3 rings (SSSR count). The van der Waals surface area contributed by atoms with Crippen LogP contribution in [0, 0.1) is 17.6 Å². The molecule has 2 aromatic carbocycles. The molecule has 4 nitrogen and oxygen atoms in total. The first-order chi connectivity index (χ1) is 11.5. The number of hydrogen-bond donors (Lipinski definition) is 3. The largest absolute Gasteiger partial charge is 0.508 e. The smallest absolute Gasteiger partial charge is 0.223 e. The van der Waals surface area contributed by atoms with Gasteiger partial charge in [0.15, 0.2) is 0 Å². The zero-order valence-corrected chi connectivity index (χ0v) is 12.9. The Balaban J connectivity index is 1.67. The number of carbonyl (C=O) groups is 1. The van der Waals surface area contributed by atoms with Crippen LogP contribution < -0.4 is 5.32 Å². The molecule has 1 atom stereocenters. The van der Waals surface area contributed by atoms with Gasteiger partial charge < -0.3 is 15.5 Å². The normalized spacial score (nSPS) is 16.5. The molecule has 0 saturated carbocycles. The van der Waals surface area contributed by atoms with E-state index in [0.717, 1.165) is 12.1 Å². The van der Waals surface area contributed by atoms with Crippen LogP contribution in [0.15, 0.2) is 30.3 Å². The molecule has 24 heavy (non-hydrogen) atoms. The van der Waals surface area contributed by atoms with Crippen molar-refractivity contribution in [1.82, 2.24) is 5.32 Å². The van der Waals surface area contributed by atoms with Gasteiger partial charge in [0.25, 0.3) is 0 Å². The summed E-state index contributed by atoms with van der Waals surface area (Å²) in [6.45, 7) is -0.0275. The van der Waals surface area contributed by atoms with Crippen LogP contribution >= 0.6 is 0 Å². The molecule has 1 aliphatic carbocycles. The highest BCUT2D eigenvalue weighted by atomic mass is 19.1. The standard InChI is InChI=1S/C18H17F2NO3/c19-12-3-1-11(15(20)8-12)9-21-18(24)10-2-4-13-14(7-10)17(23)6-5-16(13)22/h1,3,5-6,8,10,22-23H,2,4,7,9H2,(H,21,24). The van der Waals surface area contributed by atoms with Gasteiger partial charge in [-0.25, -0.2) is 8.78 Å². The fourth-order valence-electron chi connectivity index (χ4n) is 3.06. The van der Waals surface area contributed by atoms with Crippen molar-refractivity contribution in [3.8, 4) is 11.5 Å². The molecule has 0 bridgehead atoms. The van der Waals surface area contributed by atoms with Crippen molar-refractivity contribution in [3.05, 3.63) is 58.7 Å². The number of carbonyl (C=O) groups excluding carboxylic acids is 1. The molecule has 0 saturated heterocycles. The fourth-order valence-corrected chi connectivity index (χ4v) is 3.06. The van der Waals surface area contributed by atoms with Gasteiger partial charge in [0, 0.05) is 35.2 Å². The second-order valence-electron chi connectivity index (χ2n) is 5.95. The average molecular weight is 333 g/mol. The molecule has 2 aromatic rings. The lowest BCUT2D eigenvalue weighted by Crippen LogP contribution is -2.34. The maximum atomic E-state index is 13.6. The van der Waals surface area contributed by atoms with Crippen molar-refractivity contribution in [1.29, 1.82) is 0 Å². The molecule has 0 aliphatic heterocycles. The topological polar surface area (TPSA) is 69.6 Å². The number of phenolic OH excluding ortho intramolecular Hbond substituents is 2. The van der Waals surface area contributed by atoms with Crippen LogP contribution in [0.1, 0.15) is 23.1 Å². The SMILES string of the molecule is O=C(NCc1ccc(F)cc1F)C1CCc2c(O)ccc(O)c2C1. The number of phenols is 2. The molecule has 1 amide bonds. The van der Waals surface area contributed by atoms with Crippen molar-refractivity contribution < 1.29 is 23.8 Å². The van der Waals surface area contributed by atoms with E-state index in [9.17, 15) is 23.8 Å². The summed E-state index contributed by atoms with van der Waals surface area (Å²) >= 11 is 0. The Labute approximate surface area is 137 Å². The summed E-state index contributed by atoms with van der Waals surface area (Å²) in [6, 6.07) is 6.06. The highest BCUT2D eigenvalue weighted by molar-refractivity contribution is 5.79. The number of fused-ring (bicyclic) bond motifs is 1. The summed E-state index contributed by atoms with van der Waals surface area (Å²) in [5.74, 6) is -1.81. The van der Waals surface area contributed by atoms with Crippen molar-refractivity contribution in [3.63, 3.8) is 0 Å². The van der Waals surface area contributed by atoms with E-state index in [0.29, 0.717) is 30.4 Å². The molecular formula is C18H17F2NO3. The van der Waals surface area contributed by atoms with Crippen molar-refractivity contribution in [2.45, 2.75) is 25.8 Å². The molecule has 3 N–H and O–H groups in total. The molecule has 6 heteroatoms. The molecular weight excluding hydrogens is 316 g/mol. The minimum Gasteiger partial charge on any atom is -0.508 e. The Hall–Kier alpha value is -2.63. The second kappa shape index (κ2) is 6.47. The van der Waals surface area contributed by atoms with Crippen LogP contribution in [0.25, 0.3) is 0 Å². The van der Waals surface area contributed by atoms with Crippen LogP contribution in [-0.4, -0.2) is 16.1 Å². The monoisotopic (exact) mass is 333 g/mol. The third-order valence-corrected chi connectivity index (χ3v) is 4.41. The summed E-state index contributed by atoms with van der Waals surface area (Å²) in [7, 11) is 0. The average Bonchev–Trinajstić information content (AvgIpc) is 2.57. The summed E-state index contributed by atoms with van der Waals surface area (Å²) in [5.41, 5.74) is 1.46. The van der Waals surface area contributed by atoms with Crippen LogP contribution in [0.2, 0.25) is 0 Å².